The fraction of sp³-hybridized carbons (Fsp3) is 0.909. The van der Waals surface area contributed by atoms with Gasteiger partial charge in [-0.05, 0) is 25.7 Å². The first-order valence-corrected chi connectivity index (χ1v) is 7.22. The highest BCUT2D eigenvalue weighted by molar-refractivity contribution is 7.99. The van der Waals surface area contributed by atoms with Crippen LogP contribution >= 0.6 is 11.8 Å². The molecular formula is C11H17F3N2OS. The average Bonchev–Trinajstić information content (AvgIpc) is 2.98. The van der Waals surface area contributed by atoms with E-state index in [4.69, 9.17) is 0 Å². The van der Waals surface area contributed by atoms with Crippen molar-refractivity contribution in [2.24, 2.45) is 5.92 Å². The van der Waals surface area contributed by atoms with E-state index in [9.17, 15) is 18.0 Å². The van der Waals surface area contributed by atoms with Crippen LogP contribution in [0.15, 0.2) is 0 Å². The SMILES string of the molecule is CC(C1CC1)N(CC(F)(F)F)C(=O)C1CSCN1. The standard InChI is InChI=1S/C11H17F3N2OS/c1-7(8-2-3-8)16(5-11(12,13)14)10(17)9-4-18-6-15-9/h7-9,15H,2-6H2,1H3. The predicted molar refractivity (Wildman–Crippen MR) is 64.2 cm³/mol. The van der Waals surface area contributed by atoms with E-state index in [1.165, 1.54) is 0 Å². The lowest BCUT2D eigenvalue weighted by molar-refractivity contribution is -0.166. The van der Waals surface area contributed by atoms with Crippen LogP contribution in [0.5, 0.6) is 0 Å². The summed E-state index contributed by atoms with van der Waals surface area (Å²) in [5.74, 6) is 1.03. The monoisotopic (exact) mass is 282 g/mol. The first-order chi connectivity index (χ1) is 8.38. The van der Waals surface area contributed by atoms with Crippen molar-refractivity contribution in [2.45, 2.75) is 38.0 Å². The summed E-state index contributed by atoms with van der Waals surface area (Å²) in [7, 11) is 0. The number of nitrogens with zero attached hydrogens (tertiary/aromatic N) is 1. The number of nitrogens with one attached hydrogen (secondary N) is 1. The zero-order valence-corrected chi connectivity index (χ0v) is 11.0. The molecule has 2 fully saturated rings. The molecule has 18 heavy (non-hydrogen) atoms. The van der Waals surface area contributed by atoms with Crippen LogP contribution in [0.1, 0.15) is 19.8 Å². The van der Waals surface area contributed by atoms with Gasteiger partial charge in [0.2, 0.25) is 5.91 Å². The molecule has 1 aliphatic carbocycles. The predicted octanol–water partition coefficient (Wildman–Crippen LogP) is 1.84. The summed E-state index contributed by atoms with van der Waals surface area (Å²) in [6.45, 7) is 0.593. The van der Waals surface area contributed by atoms with E-state index in [2.05, 4.69) is 5.32 Å². The van der Waals surface area contributed by atoms with Crippen LogP contribution in [0.3, 0.4) is 0 Å². The van der Waals surface area contributed by atoms with Gasteiger partial charge in [-0.2, -0.15) is 13.2 Å². The molecule has 1 heterocycles. The van der Waals surface area contributed by atoms with Crippen LogP contribution in [-0.2, 0) is 4.79 Å². The van der Waals surface area contributed by atoms with Crippen molar-refractivity contribution < 1.29 is 18.0 Å². The summed E-state index contributed by atoms with van der Waals surface area (Å²) in [4.78, 5) is 13.2. The van der Waals surface area contributed by atoms with Gasteiger partial charge in [0.05, 0.1) is 6.04 Å². The molecule has 2 atom stereocenters. The third-order valence-corrected chi connectivity index (χ3v) is 4.38. The van der Waals surface area contributed by atoms with E-state index >= 15 is 0 Å². The van der Waals surface area contributed by atoms with E-state index in [-0.39, 0.29) is 12.0 Å². The number of carbonyl (C=O) groups excluding carboxylic acids is 1. The Hall–Kier alpha value is -0.430. The summed E-state index contributed by atoms with van der Waals surface area (Å²) in [5, 5.41) is 2.94. The third-order valence-electron chi connectivity index (χ3n) is 3.44. The number of rotatable bonds is 4. The van der Waals surface area contributed by atoms with E-state index in [0.717, 1.165) is 17.7 Å². The number of alkyl halides is 3. The van der Waals surface area contributed by atoms with Gasteiger partial charge in [0.15, 0.2) is 0 Å². The lowest BCUT2D eigenvalue weighted by Gasteiger charge is -2.32. The highest BCUT2D eigenvalue weighted by atomic mass is 32.2. The molecule has 7 heteroatoms. The minimum Gasteiger partial charge on any atom is -0.329 e. The van der Waals surface area contributed by atoms with Crippen molar-refractivity contribution in [3.63, 3.8) is 0 Å². The maximum atomic E-state index is 12.6. The molecule has 2 rings (SSSR count). The summed E-state index contributed by atoms with van der Waals surface area (Å²) in [5.41, 5.74) is 0. The number of amides is 1. The van der Waals surface area contributed by atoms with Gasteiger partial charge in [-0.1, -0.05) is 0 Å². The molecule has 2 unspecified atom stereocenters. The Labute approximate surface area is 108 Å². The van der Waals surface area contributed by atoms with E-state index in [1.807, 2.05) is 0 Å². The van der Waals surface area contributed by atoms with Crippen molar-refractivity contribution >= 4 is 17.7 Å². The quantitative estimate of drug-likeness (QED) is 0.854. The Morgan fingerprint density at radius 1 is 1.50 bits per heavy atom. The summed E-state index contributed by atoms with van der Waals surface area (Å²) in [6.07, 6.45) is -2.48. The second kappa shape index (κ2) is 5.28. The zero-order chi connectivity index (χ0) is 13.3. The Balaban J connectivity index is 2.04. The first kappa shape index (κ1) is 14.0. The Morgan fingerprint density at radius 3 is 2.61 bits per heavy atom. The lowest BCUT2D eigenvalue weighted by atomic mass is 10.1. The number of hydrogen-bond acceptors (Lipinski definition) is 3. The summed E-state index contributed by atoms with van der Waals surface area (Å²) in [6, 6.07) is -0.773. The van der Waals surface area contributed by atoms with Crippen LogP contribution in [0.2, 0.25) is 0 Å². The second-order valence-corrected chi connectivity index (χ2v) is 5.96. The Kier molecular flexibility index (Phi) is 4.11. The lowest BCUT2D eigenvalue weighted by Crippen LogP contribution is -2.52. The molecule has 0 aromatic carbocycles. The van der Waals surface area contributed by atoms with Gasteiger partial charge in [0.1, 0.15) is 6.54 Å². The largest absolute Gasteiger partial charge is 0.406 e. The van der Waals surface area contributed by atoms with E-state index in [0.29, 0.717) is 11.6 Å². The van der Waals surface area contributed by atoms with Gasteiger partial charge in [0.25, 0.3) is 0 Å². The van der Waals surface area contributed by atoms with Crippen molar-refractivity contribution in [1.29, 1.82) is 0 Å². The van der Waals surface area contributed by atoms with Crippen LogP contribution < -0.4 is 5.32 Å². The average molecular weight is 282 g/mol. The van der Waals surface area contributed by atoms with Crippen molar-refractivity contribution in [1.82, 2.24) is 10.2 Å². The molecule has 1 N–H and O–H groups in total. The third kappa shape index (κ3) is 3.54. The van der Waals surface area contributed by atoms with Gasteiger partial charge in [0, 0.05) is 17.7 Å². The molecule has 0 radical (unpaired) electrons. The zero-order valence-electron chi connectivity index (χ0n) is 10.2. The fourth-order valence-electron chi connectivity index (χ4n) is 2.20. The van der Waals surface area contributed by atoms with Crippen LogP contribution in [-0.4, -0.2) is 47.2 Å². The van der Waals surface area contributed by atoms with Gasteiger partial charge in [-0.3, -0.25) is 10.1 Å². The van der Waals surface area contributed by atoms with Crippen molar-refractivity contribution in [3.8, 4) is 0 Å². The number of halogens is 3. The maximum Gasteiger partial charge on any atom is 0.406 e. The second-order valence-electron chi connectivity index (χ2n) is 4.93. The normalized spacial score (nSPS) is 26.1. The molecule has 1 saturated carbocycles. The maximum absolute atomic E-state index is 12.6. The Morgan fingerprint density at radius 2 is 2.17 bits per heavy atom. The van der Waals surface area contributed by atoms with E-state index in [1.54, 1.807) is 18.7 Å². The molecule has 1 aliphatic heterocycles. The summed E-state index contributed by atoms with van der Waals surface area (Å²) < 4.78 is 37.7. The van der Waals surface area contributed by atoms with Gasteiger partial charge < -0.3 is 4.90 Å². The molecule has 3 nitrogen and oxygen atoms in total. The Bertz CT molecular complexity index is 314. The number of hydrogen-bond donors (Lipinski definition) is 1. The van der Waals surface area contributed by atoms with Gasteiger partial charge in [-0.15, -0.1) is 11.8 Å². The molecule has 0 aromatic rings. The molecule has 1 saturated heterocycles. The van der Waals surface area contributed by atoms with Crippen LogP contribution in [0.4, 0.5) is 13.2 Å². The molecule has 104 valence electrons. The van der Waals surface area contributed by atoms with Crippen molar-refractivity contribution in [3.05, 3.63) is 0 Å². The summed E-state index contributed by atoms with van der Waals surface area (Å²) >= 11 is 1.54. The molecule has 0 spiro atoms. The van der Waals surface area contributed by atoms with Crippen LogP contribution in [0, 0.1) is 5.92 Å². The fourth-order valence-corrected chi connectivity index (χ4v) is 3.14. The molecule has 0 aromatic heterocycles. The number of thioether (sulfide) groups is 1. The van der Waals surface area contributed by atoms with Gasteiger partial charge in [-0.25, -0.2) is 0 Å². The highest BCUT2D eigenvalue weighted by Gasteiger charge is 2.42. The van der Waals surface area contributed by atoms with Crippen LogP contribution in [0.25, 0.3) is 0 Å². The van der Waals surface area contributed by atoms with E-state index < -0.39 is 24.7 Å². The van der Waals surface area contributed by atoms with Gasteiger partial charge >= 0.3 is 6.18 Å². The molecule has 1 amide bonds. The number of carbonyl (C=O) groups is 1. The first-order valence-electron chi connectivity index (χ1n) is 6.07. The molecular weight excluding hydrogens is 265 g/mol. The smallest absolute Gasteiger partial charge is 0.329 e. The highest BCUT2D eigenvalue weighted by Crippen LogP contribution is 2.36. The minimum absolute atomic E-state index is 0.241. The molecule has 0 bridgehead atoms. The van der Waals surface area contributed by atoms with Crippen molar-refractivity contribution in [2.75, 3.05) is 18.2 Å². The minimum atomic E-state index is -4.33. The topological polar surface area (TPSA) is 32.3 Å². The molecule has 2 aliphatic rings.